The van der Waals surface area contributed by atoms with E-state index in [1.165, 1.54) is 5.56 Å². The van der Waals surface area contributed by atoms with Crippen molar-refractivity contribution in [3.63, 3.8) is 0 Å². The van der Waals surface area contributed by atoms with Crippen molar-refractivity contribution in [1.82, 2.24) is 20.1 Å². The van der Waals surface area contributed by atoms with E-state index >= 15 is 0 Å². The molecule has 2 heterocycles. The second kappa shape index (κ2) is 6.15. The number of oxazole rings is 1. The van der Waals surface area contributed by atoms with E-state index in [2.05, 4.69) is 37.4 Å². The van der Waals surface area contributed by atoms with Crippen molar-refractivity contribution in [2.24, 2.45) is 7.05 Å². The molecule has 7 heteroatoms. The van der Waals surface area contributed by atoms with Crippen LogP contribution in [0.2, 0.25) is 0 Å². The van der Waals surface area contributed by atoms with Crippen molar-refractivity contribution < 1.29 is 9.21 Å². The zero-order valence-electron chi connectivity index (χ0n) is 13.9. The summed E-state index contributed by atoms with van der Waals surface area (Å²) in [5.74, 6) is 0.698. The highest BCUT2D eigenvalue weighted by Crippen LogP contribution is 2.35. The Bertz CT molecular complexity index is 960. The Morgan fingerprint density at radius 1 is 1.44 bits per heavy atom. The van der Waals surface area contributed by atoms with Crippen LogP contribution in [0.4, 0.5) is 0 Å². The smallest absolute Gasteiger partial charge is 0.274 e. The van der Waals surface area contributed by atoms with Crippen LogP contribution in [-0.2, 0) is 13.5 Å². The lowest BCUT2D eigenvalue weighted by Crippen LogP contribution is -2.28. The van der Waals surface area contributed by atoms with Gasteiger partial charge >= 0.3 is 0 Å². The van der Waals surface area contributed by atoms with Gasteiger partial charge in [-0.15, -0.1) is 0 Å². The highest BCUT2D eigenvalue weighted by atomic mass is 79.9. The summed E-state index contributed by atoms with van der Waals surface area (Å²) in [4.78, 5) is 17.1. The molecule has 0 radical (unpaired) electrons. The summed E-state index contributed by atoms with van der Waals surface area (Å²) >= 11 is 3.58. The minimum absolute atomic E-state index is 0.00191. The number of aryl methyl sites for hydroxylation is 2. The average Bonchev–Trinajstić information content (AvgIpc) is 3.27. The highest BCUT2D eigenvalue weighted by Gasteiger charge is 2.27. The summed E-state index contributed by atoms with van der Waals surface area (Å²) in [5, 5.41) is 7.19. The molecule has 1 aliphatic rings. The van der Waals surface area contributed by atoms with E-state index in [1.807, 2.05) is 19.2 Å². The van der Waals surface area contributed by atoms with Gasteiger partial charge in [-0.2, -0.15) is 5.10 Å². The Balaban J connectivity index is 1.57. The Hall–Kier alpha value is -2.41. The first-order chi connectivity index (χ1) is 12.0. The Morgan fingerprint density at radius 3 is 3.04 bits per heavy atom. The summed E-state index contributed by atoms with van der Waals surface area (Å²) < 4.78 is 8.42. The molecule has 0 fully saturated rings. The number of hydrogen-bond acceptors (Lipinski definition) is 4. The number of nitrogens with zero attached hydrogens (tertiary/aromatic N) is 3. The van der Waals surface area contributed by atoms with E-state index in [0.29, 0.717) is 17.3 Å². The van der Waals surface area contributed by atoms with Crippen LogP contribution in [0.3, 0.4) is 0 Å². The average molecular weight is 401 g/mol. The van der Waals surface area contributed by atoms with E-state index < -0.39 is 0 Å². The van der Waals surface area contributed by atoms with E-state index in [9.17, 15) is 4.79 Å². The van der Waals surface area contributed by atoms with Crippen molar-refractivity contribution in [1.29, 1.82) is 0 Å². The van der Waals surface area contributed by atoms with Crippen LogP contribution in [0, 0.1) is 6.92 Å². The Morgan fingerprint density at radius 2 is 2.28 bits per heavy atom. The molecule has 25 heavy (non-hydrogen) atoms. The minimum Gasteiger partial charge on any atom is -0.440 e. The Kier molecular flexibility index (Phi) is 3.95. The maximum absolute atomic E-state index is 12.7. The van der Waals surface area contributed by atoms with E-state index in [0.717, 1.165) is 28.4 Å². The van der Waals surface area contributed by atoms with Gasteiger partial charge in [0, 0.05) is 17.7 Å². The van der Waals surface area contributed by atoms with Crippen molar-refractivity contribution in [2.45, 2.75) is 25.8 Å². The number of aromatic nitrogens is 3. The Labute approximate surface area is 153 Å². The van der Waals surface area contributed by atoms with E-state index in [1.54, 1.807) is 24.0 Å². The van der Waals surface area contributed by atoms with Crippen LogP contribution in [-0.4, -0.2) is 20.7 Å². The number of nitrogens with one attached hydrogen (secondary N) is 1. The van der Waals surface area contributed by atoms with Gasteiger partial charge in [0.2, 0.25) is 5.89 Å². The van der Waals surface area contributed by atoms with Gasteiger partial charge < -0.3 is 9.73 Å². The molecule has 1 unspecified atom stereocenters. The molecule has 0 saturated heterocycles. The van der Waals surface area contributed by atoms with Crippen LogP contribution in [0.25, 0.3) is 11.5 Å². The normalized spacial score (nSPS) is 16.0. The predicted octanol–water partition coefficient (Wildman–Crippen LogP) is 3.56. The molecule has 0 bridgehead atoms. The molecule has 1 aliphatic carbocycles. The zero-order valence-corrected chi connectivity index (χ0v) is 15.5. The molecular weight excluding hydrogens is 384 g/mol. The number of hydrogen-bond donors (Lipinski definition) is 1. The first kappa shape index (κ1) is 16.1. The van der Waals surface area contributed by atoms with Crippen LogP contribution < -0.4 is 5.32 Å². The number of amides is 1. The van der Waals surface area contributed by atoms with Gasteiger partial charge in [-0.1, -0.05) is 28.1 Å². The number of halogens is 1. The monoisotopic (exact) mass is 400 g/mol. The number of benzene rings is 1. The van der Waals surface area contributed by atoms with Gasteiger partial charge in [0.15, 0.2) is 5.69 Å². The van der Waals surface area contributed by atoms with E-state index in [-0.39, 0.29) is 11.9 Å². The lowest BCUT2D eigenvalue weighted by molar-refractivity contribution is 0.0931. The largest absolute Gasteiger partial charge is 0.440 e. The number of rotatable bonds is 3. The fourth-order valence-corrected chi connectivity index (χ4v) is 3.83. The fourth-order valence-electron chi connectivity index (χ4n) is 3.25. The highest BCUT2D eigenvalue weighted by molar-refractivity contribution is 9.10. The SMILES string of the molecule is Cc1oc(-c2cnn(C)c2)nc1C(=O)NC1CCc2c(Br)cccc21. The molecule has 128 valence electrons. The van der Waals surface area contributed by atoms with Crippen LogP contribution >= 0.6 is 15.9 Å². The predicted molar refractivity (Wildman–Crippen MR) is 96.1 cm³/mol. The zero-order chi connectivity index (χ0) is 17.6. The van der Waals surface area contributed by atoms with Gasteiger partial charge in [-0.3, -0.25) is 9.48 Å². The third-order valence-electron chi connectivity index (χ3n) is 4.48. The van der Waals surface area contributed by atoms with Crippen molar-refractivity contribution >= 4 is 21.8 Å². The summed E-state index contributed by atoms with van der Waals surface area (Å²) in [6.07, 6.45) is 5.30. The molecule has 0 spiro atoms. The van der Waals surface area contributed by atoms with Gasteiger partial charge in [0.1, 0.15) is 5.76 Å². The quantitative estimate of drug-likeness (QED) is 0.729. The summed E-state index contributed by atoms with van der Waals surface area (Å²) in [7, 11) is 1.82. The van der Waals surface area contributed by atoms with Crippen molar-refractivity contribution in [2.75, 3.05) is 0 Å². The summed E-state index contributed by atoms with van der Waals surface area (Å²) in [6.45, 7) is 1.75. The fraction of sp³-hybridized carbons (Fsp3) is 0.278. The number of carbonyl (C=O) groups excluding carboxylic acids is 1. The molecule has 4 rings (SSSR count). The molecule has 6 nitrogen and oxygen atoms in total. The second-order valence-corrected chi connectivity index (χ2v) is 7.05. The van der Waals surface area contributed by atoms with Gasteiger partial charge in [-0.25, -0.2) is 4.98 Å². The maximum Gasteiger partial charge on any atom is 0.274 e. The third kappa shape index (κ3) is 2.89. The van der Waals surface area contributed by atoms with Crippen LogP contribution in [0.15, 0.2) is 39.5 Å². The van der Waals surface area contributed by atoms with Crippen LogP contribution in [0.5, 0.6) is 0 Å². The molecule has 2 aromatic heterocycles. The summed E-state index contributed by atoms with van der Waals surface area (Å²) in [5.41, 5.74) is 3.50. The number of carbonyl (C=O) groups is 1. The summed E-state index contributed by atoms with van der Waals surface area (Å²) in [6, 6.07) is 6.09. The first-order valence-electron chi connectivity index (χ1n) is 8.07. The molecule has 1 N–H and O–H groups in total. The van der Waals surface area contributed by atoms with E-state index in [4.69, 9.17) is 4.42 Å². The van der Waals surface area contributed by atoms with Crippen molar-refractivity contribution in [3.05, 3.63) is 57.6 Å². The maximum atomic E-state index is 12.7. The van der Waals surface area contributed by atoms with Crippen molar-refractivity contribution in [3.8, 4) is 11.5 Å². The lowest BCUT2D eigenvalue weighted by atomic mass is 10.1. The molecule has 1 aromatic carbocycles. The topological polar surface area (TPSA) is 73.0 Å². The third-order valence-corrected chi connectivity index (χ3v) is 5.23. The molecule has 0 aliphatic heterocycles. The molecule has 3 aromatic rings. The van der Waals surface area contributed by atoms with Crippen LogP contribution in [0.1, 0.15) is 39.8 Å². The molecule has 0 saturated carbocycles. The second-order valence-electron chi connectivity index (χ2n) is 6.20. The standard InChI is InChI=1S/C18H17BrN4O2/c1-10-16(22-18(25-10)11-8-20-23(2)9-11)17(24)21-15-7-6-12-13(15)4-3-5-14(12)19/h3-5,8-9,15H,6-7H2,1-2H3,(H,21,24). The first-order valence-corrected chi connectivity index (χ1v) is 8.87. The molecule has 1 atom stereocenters. The molecular formula is C18H17BrN4O2. The number of fused-ring (bicyclic) bond motifs is 1. The van der Waals surface area contributed by atoms with Gasteiger partial charge in [-0.05, 0) is 37.0 Å². The van der Waals surface area contributed by atoms with Gasteiger partial charge in [0.05, 0.1) is 17.8 Å². The minimum atomic E-state index is -0.214. The van der Waals surface area contributed by atoms with Gasteiger partial charge in [0.25, 0.3) is 5.91 Å². The lowest BCUT2D eigenvalue weighted by Gasteiger charge is -2.13. The molecule has 1 amide bonds.